The standard InChI is InChI=1S/C19H26F3N3O4S/c20-19(21,22)29-15-7-9-16(10-8-15)30(27,28)24-14-5-3-13(4-6-14)17(23)18(26)25-11-1-2-12-25/h7-10,13-14,17,24H,1-6,11-12,23H2. The fourth-order valence-electron chi connectivity index (χ4n) is 4.05. The van der Waals surface area contributed by atoms with E-state index in [4.69, 9.17) is 5.73 Å². The maximum Gasteiger partial charge on any atom is 0.573 e. The van der Waals surface area contributed by atoms with Crippen LogP contribution in [-0.2, 0) is 14.8 Å². The molecule has 0 aromatic heterocycles. The van der Waals surface area contributed by atoms with E-state index in [-0.39, 0.29) is 22.8 Å². The first-order valence-corrected chi connectivity index (χ1v) is 11.5. The van der Waals surface area contributed by atoms with Gasteiger partial charge in [-0.3, -0.25) is 4.79 Å². The summed E-state index contributed by atoms with van der Waals surface area (Å²) in [6.07, 6.45) is -0.500. The monoisotopic (exact) mass is 449 g/mol. The van der Waals surface area contributed by atoms with Crippen LogP contribution in [0.1, 0.15) is 38.5 Å². The zero-order valence-corrected chi connectivity index (χ0v) is 17.2. The molecule has 0 spiro atoms. The molecule has 1 aromatic carbocycles. The van der Waals surface area contributed by atoms with E-state index >= 15 is 0 Å². The number of carbonyl (C=O) groups excluding carboxylic acids is 1. The molecule has 1 aromatic rings. The number of amides is 1. The van der Waals surface area contributed by atoms with Gasteiger partial charge in [-0.2, -0.15) is 0 Å². The van der Waals surface area contributed by atoms with Crippen molar-refractivity contribution in [1.29, 1.82) is 0 Å². The Bertz CT molecular complexity index is 832. The van der Waals surface area contributed by atoms with Crippen LogP contribution in [-0.4, -0.2) is 50.8 Å². The number of ether oxygens (including phenoxy) is 1. The molecule has 11 heteroatoms. The van der Waals surface area contributed by atoms with E-state index in [1.165, 1.54) is 0 Å². The van der Waals surface area contributed by atoms with Crippen molar-refractivity contribution in [2.75, 3.05) is 13.1 Å². The van der Waals surface area contributed by atoms with Crippen LogP contribution >= 0.6 is 0 Å². The Kier molecular flexibility index (Phi) is 6.93. The van der Waals surface area contributed by atoms with Crippen LogP contribution in [0.25, 0.3) is 0 Å². The molecule has 2 aliphatic rings. The molecule has 1 aliphatic heterocycles. The Hall–Kier alpha value is -1.85. The molecule has 0 bridgehead atoms. The zero-order valence-electron chi connectivity index (χ0n) is 16.4. The van der Waals surface area contributed by atoms with Crippen molar-refractivity contribution in [2.45, 2.75) is 61.9 Å². The lowest BCUT2D eigenvalue weighted by Crippen LogP contribution is -2.49. The molecule has 30 heavy (non-hydrogen) atoms. The predicted octanol–water partition coefficient (Wildman–Crippen LogP) is 2.37. The summed E-state index contributed by atoms with van der Waals surface area (Å²) in [5.41, 5.74) is 6.17. The predicted molar refractivity (Wildman–Crippen MR) is 103 cm³/mol. The molecular weight excluding hydrogens is 423 g/mol. The van der Waals surface area contributed by atoms with Crippen molar-refractivity contribution >= 4 is 15.9 Å². The van der Waals surface area contributed by atoms with Gasteiger partial charge in [-0.05, 0) is 68.7 Å². The average molecular weight is 449 g/mol. The van der Waals surface area contributed by atoms with E-state index < -0.39 is 28.2 Å². The summed E-state index contributed by atoms with van der Waals surface area (Å²) in [4.78, 5) is 14.1. The highest BCUT2D eigenvalue weighted by Crippen LogP contribution is 2.29. The van der Waals surface area contributed by atoms with E-state index in [1.807, 2.05) is 0 Å². The number of halogens is 3. The second-order valence-electron chi connectivity index (χ2n) is 7.81. The lowest BCUT2D eigenvalue weighted by Gasteiger charge is -2.33. The van der Waals surface area contributed by atoms with Gasteiger partial charge in [0.05, 0.1) is 10.9 Å². The first-order valence-electron chi connectivity index (χ1n) is 9.98. The molecule has 1 heterocycles. The van der Waals surface area contributed by atoms with E-state index in [0.29, 0.717) is 25.7 Å². The normalized spacial score (nSPS) is 23.9. The number of likely N-dealkylation sites (tertiary alicyclic amines) is 1. The molecule has 1 unspecified atom stereocenters. The fraction of sp³-hybridized carbons (Fsp3) is 0.632. The molecule has 1 atom stereocenters. The number of alkyl halides is 3. The number of nitrogens with two attached hydrogens (primary N) is 1. The van der Waals surface area contributed by atoms with Crippen molar-refractivity contribution in [1.82, 2.24) is 9.62 Å². The molecule has 0 radical (unpaired) electrons. The van der Waals surface area contributed by atoms with Crippen molar-refractivity contribution in [3.05, 3.63) is 24.3 Å². The minimum Gasteiger partial charge on any atom is -0.406 e. The fourth-order valence-corrected chi connectivity index (χ4v) is 5.36. The smallest absolute Gasteiger partial charge is 0.406 e. The number of nitrogens with one attached hydrogen (secondary N) is 1. The van der Waals surface area contributed by atoms with E-state index in [1.54, 1.807) is 4.90 Å². The van der Waals surface area contributed by atoms with Crippen LogP contribution in [0.3, 0.4) is 0 Å². The molecule has 168 valence electrons. The van der Waals surface area contributed by atoms with Crippen molar-refractivity contribution in [3.8, 4) is 5.75 Å². The maximum absolute atomic E-state index is 12.5. The topological polar surface area (TPSA) is 102 Å². The largest absolute Gasteiger partial charge is 0.573 e. The maximum atomic E-state index is 12.5. The van der Waals surface area contributed by atoms with Crippen LogP contribution in [0.4, 0.5) is 13.2 Å². The van der Waals surface area contributed by atoms with Gasteiger partial charge < -0.3 is 15.4 Å². The van der Waals surface area contributed by atoms with Crippen LogP contribution in [0.5, 0.6) is 5.75 Å². The summed E-state index contributed by atoms with van der Waals surface area (Å²) in [6, 6.07) is 3.18. The Labute approximate surface area is 173 Å². The second-order valence-corrected chi connectivity index (χ2v) is 9.52. The van der Waals surface area contributed by atoms with Gasteiger partial charge >= 0.3 is 6.36 Å². The van der Waals surface area contributed by atoms with Gasteiger partial charge in [0.15, 0.2) is 0 Å². The Balaban J connectivity index is 1.52. The van der Waals surface area contributed by atoms with Gasteiger partial charge in [-0.15, -0.1) is 13.2 Å². The summed E-state index contributed by atoms with van der Waals surface area (Å²) in [6.45, 7) is 1.49. The number of hydrogen-bond acceptors (Lipinski definition) is 5. The zero-order chi connectivity index (χ0) is 21.9. The molecule has 1 aliphatic carbocycles. The summed E-state index contributed by atoms with van der Waals surface area (Å²) in [7, 11) is -3.88. The second kappa shape index (κ2) is 9.11. The lowest BCUT2D eigenvalue weighted by atomic mass is 9.81. The molecule has 3 N–H and O–H groups in total. The minimum absolute atomic E-state index is 0.0117. The number of hydrogen-bond donors (Lipinski definition) is 2. The van der Waals surface area contributed by atoms with Crippen LogP contribution < -0.4 is 15.2 Å². The number of nitrogens with zero attached hydrogens (tertiary/aromatic N) is 1. The van der Waals surface area contributed by atoms with Gasteiger partial charge in [0.25, 0.3) is 0 Å². The van der Waals surface area contributed by atoms with Crippen molar-refractivity contribution in [3.63, 3.8) is 0 Å². The summed E-state index contributed by atoms with van der Waals surface area (Å²) >= 11 is 0. The van der Waals surface area contributed by atoms with Crippen molar-refractivity contribution < 1.29 is 31.1 Å². The first kappa shape index (κ1) is 22.8. The number of benzene rings is 1. The summed E-state index contributed by atoms with van der Waals surface area (Å²) < 4.78 is 68.1. The van der Waals surface area contributed by atoms with Gasteiger partial charge in [-0.1, -0.05) is 0 Å². The Morgan fingerprint density at radius 1 is 1.10 bits per heavy atom. The van der Waals surface area contributed by atoms with Crippen LogP contribution in [0.2, 0.25) is 0 Å². The van der Waals surface area contributed by atoms with Gasteiger partial charge in [-0.25, -0.2) is 13.1 Å². The number of rotatable bonds is 6. The Morgan fingerprint density at radius 3 is 2.20 bits per heavy atom. The SMILES string of the molecule is NC(C(=O)N1CCCC1)C1CCC(NS(=O)(=O)c2ccc(OC(F)(F)F)cc2)CC1. The minimum atomic E-state index is -4.84. The summed E-state index contributed by atoms with van der Waals surface area (Å²) in [5.74, 6) is -0.506. The molecule has 7 nitrogen and oxygen atoms in total. The third kappa shape index (κ3) is 5.86. The van der Waals surface area contributed by atoms with Gasteiger partial charge in [0, 0.05) is 19.1 Å². The summed E-state index contributed by atoms with van der Waals surface area (Å²) in [5, 5.41) is 0. The van der Waals surface area contributed by atoms with E-state index in [9.17, 15) is 26.4 Å². The van der Waals surface area contributed by atoms with Crippen LogP contribution in [0, 0.1) is 5.92 Å². The molecule has 1 saturated carbocycles. The average Bonchev–Trinajstić information content (AvgIpc) is 3.21. The van der Waals surface area contributed by atoms with Gasteiger partial charge in [0.1, 0.15) is 5.75 Å². The highest BCUT2D eigenvalue weighted by atomic mass is 32.2. The van der Waals surface area contributed by atoms with Gasteiger partial charge in [0.2, 0.25) is 15.9 Å². The first-order chi connectivity index (χ1) is 14.0. The molecule has 1 saturated heterocycles. The molecule has 2 fully saturated rings. The highest BCUT2D eigenvalue weighted by Gasteiger charge is 2.34. The van der Waals surface area contributed by atoms with E-state index in [2.05, 4.69) is 9.46 Å². The molecule has 3 rings (SSSR count). The van der Waals surface area contributed by atoms with Crippen LogP contribution in [0.15, 0.2) is 29.2 Å². The number of sulfonamides is 1. The van der Waals surface area contributed by atoms with Crippen molar-refractivity contribution in [2.24, 2.45) is 11.7 Å². The molecular formula is C19H26F3N3O4S. The number of carbonyl (C=O) groups is 1. The lowest BCUT2D eigenvalue weighted by molar-refractivity contribution is -0.274. The Morgan fingerprint density at radius 2 is 1.67 bits per heavy atom. The quantitative estimate of drug-likeness (QED) is 0.694. The van der Waals surface area contributed by atoms with E-state index in [0.717, 1.165) is 50.2 Å². The third-order valence-electron chi connectivity index (χ3n) is 5.67. The molecule has 1 amide bonds. The third-order valence-corrected chi connectivity index (χ3v) is 7.21. The highest BCUT2D eigenvalue weighted by molar-refractivity contribution is 7.89.